The quantitative estimate of drug-likeness (QED) is 0.578. The van der Waals surface area contributed by atoms with Gasteiger partial charge in [-0.2, -0.15) is 0 Å². The normalized spacial score (nSPS) is 13.9. The third-order valence-corrected chi connectivity index (χ3v) is 3.70. The molecule has 0 N–H and O–H groups in total. The van der Waals surface area contributed by atoms with Gasteiger partial charge in [0, 0.05) is 10.9 Å². The van der Waals surface area contributed by atoms with E-state index in [1.54, 1.807) is 0 Å². The molecule has 1 heterocycles. The summed E-state index contributed by atoms with van der Waals surface area (Å²) in [6.45, 7) is 0. The molecule has 0 atom stereocenters. The second kappa shape index (κ2) is 4.53. The van der Waals surface area contributed by atoms with Crippen LogP contribution in [0.1, 0.15) is 23.3 Å². The number of furan rings is 1. The Balaban J connectivity index is 2.03. The molecule has 0 radical (unpaired) electrons. The Hall–Kier alpha value is -2.54. The average molecular weight is 258 g/mol. The first-order valence-corrected chi connectivity index (χ1v) is 6.87. The highest BCUT2D eigenvalue weighted by atomic mass is 16.3. The topological polar surface area (TPSA) is 13.1 Å². The minimum atomic E-state index is 0.933. The van der Waals surface area contributed by atoms with Crippen LogP contribution in [0.15, 0.2) is 71.2 Å². The molecular formula is C19H14O. The van der Waals surface area contributed by atoms with Gasteiger partial charge >= 0.3 is 0 Å². The van der Waals surface area contributed by atoms with Gasteiger partial charge in [0.05, 0.1) is 0 Å². The third-order valence-electron chi connectivity index (χ3n) is 3.70. The predicted molar refractivity (Wildman–Crippen MR) is 83.4 cm³/mol. The second-order valence-electron chi connectivity index (χ2n) is 4.96. The van der Waals surface area contributed by atoms with Crippen molar-refractivity contribution in [2.24, 2.45) is 0 Å². The molecular weight excluding hydrogens is 244 g/mol. The second-order valence-corrected chi connectivity index (χ2v) is 4.96. The standard InChI is InChI=1S/C19H14O/c1-2-8-14(9-3-1)15-10-4-7-13-18-19(15)16-11-5-6-12-17(16)20-18/h1-3,5-13H,4H2. The molecule has 0 saturated heterocycles. The molecule has 1 aliphatic carbocycles. The zero-order valence-corrected chi connectivity index (χ0v) is 11.0. The van der Waals surface area contributed by atoms with Crippen LogP contribution in [0.5, 0.6) is 0 Å². The zero-order valence-electron chi connectivity index (χ0n) is 11.0. The van der Waals surface area contributed by atoms with Crippen LogP contribution in [-0.2, 0) is 0 Å². The van der Waals surface area contributed by atoms with Crippen LogP contribution < -0.4 is 0 Å². The van der Waals surface area contributed by atoms with Crippen LogP contribution in [-0.4, -0.2) is 0 Å². The monoisotopic (exact) mass is 258 g/mol. The maximum absolute atomic E-state index is 5.99. The summed E-state index contributed by atoms with van der Waals surface area (Å²) in [5, 5.41) is 1.18. The van der Waals surface area contributed by atoms with Gasteiger partial charge in [-0.3, -0.25) is 0 Å². The van der Waals surface area contributed by atoms with Gasteiger partial charge in [-0.15, -0.1) is 0 Å². The van der Waals surface area contributed by atoms with Crippen LogP contribution in [0.25, 0.3) is 22.6 Å². The Morgan fingerprint density at radius 1 is 0.850 bits per heavy atom. The number of hydrogen-bond acceptors (Lipinski definition) is 1. The first kappa shape index (κ1) is 11.3. The highest BCUT2D eigenvalue weighted by Crippen LogP contribution is 2.37. The van der Waals surface area contributed by atoms with Gasteiger partial charge in [0.1, 0.15) is 11.3 Å². The molecule has 4 rings (SSSR count). The lowest BCUT2D eigenvalue weighted by Crippen LogP contribution is -1.88. The highest BCUT2D eigenvalue weighted by molar-refractivity contribution is 5.99. The zero-order chi connectivity index (χ0) is 13.4. The summed E-state index contributed by atoms with van der Waals surface area (Å²) in [6.07, 6.45) is 7.45. The van der Waals surface area contributed by atoms with E-state index in [1.807, 2.05) is 18.2 Å². The molecule has 96 valence electrons. The van der Waals surface area contributed by atoms with Crippen molar-refractivity contribution < 1.29 is 4.42 Å². The van der Waals surface area contributed by atoms with E-state index in [9.17, 15) is 0 Å². The van der Waals surface area contributed by atoms with Gasteiger partial charge in [0.2, 0.25) is 0 Å². The van der Waals surface area contributed by atoms with Crippen molar-refractivity contribution in [1.82, 2.24) is 0 Å². The maximum atomic E-state index is 5.99. The van der Waals surface area contributed by atoms with E-state index >= 15 is 0 Å². The molecule has 0 fully saturated rings. The molecule has 0 amide bonds. The smallest absolute Gasteiger partial charge is 0.135 e. The Morgan fingerprint density at radius 2 is 1.65 bits per heavy atom. The van der Waals surface area contributed by atoms with Crippen LogP contribution in [0.4, 0.5) is 0 Å². The summed E-state index contributed by atoms with van der Waals surface area (Å²) in [4.78, 5) is 0. The van der Waals surface area contributed by atoms with E-state index in [2.05, 4.69) is 54.6 Å². The molecule has 1 nitrogen and oxygen atoms in total. The summed E-state index contributed by atoms with van der Waals surface area (Å²) >= 11 is 0. The Morgan fingerprint density at radius 3 is 2.55 bits per heavy atom. The van der Waals surface area contributed by atoms with E-state index in [1.165, 1.54) is 22.1 Å². The van der Waals surface area contributed by atoms with Gasteiger partial charge in [-0.1, -0.05) is 60.7 Å². The first-order chi connectivity index (χ1) is 9.93. The number of hydrogen-bond donors (Lipinski definition) is 0. The van der Waals surface area contributed by atoms with Crippen molar-refractivity contribution in [2.75, 3.05) is 0 Å². The largest absolute Gasteiger partial charge is 0.456 e. The minimum absolute atomic E-state index is 0.933. The molecule has 0 unspecified atom stereocenters. The number of para-hydroxylation sites is 1. The molecule has 1 aromatic heterocycles. The maximum Gasteiger partial charge on any atom is 0.135 e. The van der Waals surface area contributed by atoms with Crippen molar-refractivity contribution in [1.29, 1.82) is 0 Å². The predicted octanol–water partition coefficient (Wildman–Crippen LogP) is 5.28. The van der Waals surface area contributed by atoms with Crippen molar-refractivity contribution in [3.8, 4) is 0 Å². The van der Waals surface area contributed by atoms with Crippen LogP contribution >= 0.6 is 0 Å². The molecule has 0 aliphatic heterocycles. The van der Waals surface area contributed by atoms with Gasteiger partial charge in [0.25, 0.3) is 0 Å². The fraction of sp³-hybridized carbons (Fsp3) is 0.0526. The Labute approximate surface area is 117 Å². The first-order valence-electron chi connectivity index (χ1n) is 6.87. The van der Waals surface area contributed by atoms with Gasteiger partial charge in [0.15, 0.2) is 0 Å². The summed E-state index contributed by atoms with van der Waals surface area (Å²) < 4.78 is 5.99. The van der Waals surface area contributed by atoms with Crippen molar-refractivity contribution >= 4 is 22.6 Å². The van der Waals surface area contributed by atoms with Gasteiger partial charge in [-0.25, -0.2) is 0 Å². The fourth-order valence-electron chi connectivity index (χ4n) is 2.80. The van der Waals surface area contributed by atoms with Crippen molar-refractivity contribution in [3.05, 3.63) is 83.6 Å². The highest BCUT2D eigenvalue weighted by Gasteiger charge is 2.18. The van der Waals surface area contributed by atoms with Crippen LogP contribution in [0, 0.1) is 0 Å². The summed E-state index contributed by atoms with van der Waals surface area (Å²) in [5.41, 5.74) is 4.66. The number of rotatable bonds is 1. The van der Waals surface area contributed by atoms with Crippen molar-refractivity contribution in [2.45, 2.75) is 6.42 Å². The summed E-state index contributed by atoms with van der Waals surface area (Å²) in [6, 6.07) is 18.8. The van der Waals surface area contributed by atoms with E-state index in [0.717, 1.165) is 17.8 Å². The lowest BCUT2D eigenvalue weighted by atomic mass is 9.95. The molecule has 0 bridgehead atoms. The molecule has 2 aromatic carbocycles. The fourth-order valence-corrected chi connectivity index (χ4v) is 2.80. The third kappa shape index (κ3) is 1.71. The van der Waals surface area contributed by atoms with Gasteiger partial charge in [-0.05, 0) is 29.7 Å². The Kier molecular flexibility index (Phi) is 2.56. The average Bonchev–Trinajstić information content (AvgIpc) is 2.74. The molecule has 1 aliphatic rings. The number of fused-ring (bicyclic) bond motifs is 3. The molecule has 0 saturated carbocycles. The van der Waals surface area contributed by atoms with E-state index in [4.69, 9.17) is 4.42 Å². The molecule has 20 heavy (non-hydrogen) atoms. The minimum Gasteiger partial charge on any atom is -0.456 e. The molecule has 3 aromatic rings. The van der Waals surface area contributed by atoms with E-state index in [-0.39, 0.29) is 0 Å². The molecule has 0 spiro atoms. The number of benzene rings is 2. The summed E-state index contributed by atoms with van der Waals surface area (Å²) in [7, 11) is 0. The van der Waals surface area contributed by atoms with E-state index in [0.29, 0.717) is 0 Å². The lowest BCUT2D eigenvalue weighted by molar-refractivity contribution is 0.603. The van der Waals surface area contributed by atoms with Crippen LogP contribution in [0.3, 0.4) is 0 Å². The lowest BCUT2D eigenvalue weighted by Gasteiger charge is -2.06. The van der Waals surface area contributed by atoms with E-state index < -0.39 is 0 Å². The number of allylic oxidation sites excluding steroid dienone is 2. The van der Waals surface area contributed by atoms with Crippen LogP contribution in [0.2, 0.25) is 0 Å². The van der Waals surface area contributed by atoms with Gasteiger partial charge < -0.3 is 4.42 Å². The SMILES string of the molecule is C1=Cc2oc3ccccc3c2C(c2ccccc2)=CC1. The molecule has 1 heteroatoms. The summed E-state index contributed by atoms with van der Waals surface area (Å²) in [5.74, 6) is 0.957. The Bertz CT molecular complexity index is 819. The van der Waals surface area contributed by atoms with Crippen molar-refractivity contribution in [3.63, 3.8) is 0 Å².